The number of halogens is 1. The van der Waals surface area contributed by atoms with Crippen molar-refractivity contribution in [1.29, 1.82) is 0 Å². The SMILES string of the molecule is C#CCn1ncc(NN2CCOCC2)c(Br)c1=O. The third-order valence-electron chi connectivity index (χ3n) is 2.52. The van der Waals surface area contributed by atoms with Gasteiger partial charge in [-0.1, -0.05) is 5.92 Å². The molecule has 1 aromatic rings. The Balaban J connectivity index is 2.16. The topological polar surface area (TPSA) is 59.4 Å². The Morgan fingerprint density at radius 1 is 1.56 bits per heavy atom. The van der Waals surface area contributed by atoms with Crippen LogP contribution in [0.2, 0.25) is 0 Å². The fourth-order valence-corrected chi connectivity index (χ4v) is 1.98. The van der Waals surface area contributed by atoms with Gasteiger partial charge in [-0.3, -0.25) is 4.79 Å². The summed E-state index contributed by atoms with van der Waals surface area (Å²) in [6.07, 6.45) is 6.75. The van der Waals surface area contributed by atoms with E-state index >= 15 is 0 Å². The van der Waals surface area contributed by atoms with Crippen molar-refractivity contribution in [2.45, 2.75) is 6.54 Å². The molecule has 0 aliphatic carbocycles. The molecule has 7 heteroatoms. The molecule has 1 aliphatic heterocycles. The van der Waals surface area contributed by atoms with Gasteiger partial charge in [0.1, 0.15) is 11.0 Å². The fourth-order valence-electron chi connectivity index (χ4n) is 1.59. The predicted molar refractivity (Wildman–Crippen MR) is 71.0 cm³/mol. The van der Waals surface area contributed by atoms with E-state index in [-0.39, 0.29) is 12.1 Å². The van der Waals surface area contributed by atoms with Crippen molar-refractivity contribution in [3.63, 3.8) is 0 Å². The van der Waals surface area contributed by atoms with Gasteiger partial charge >= 0.3 is 0 Å². The first kappa shape index (κ1) is 13.1. The summed E-state index contributed by atoms with van der Waals surface area (Å²) in [5.74, 6) is 2.39. The average Bonchev–Trinajstić information content (AvgIpc) is 2.40. The zero-order chi connectivity index (χ0) is 13.0. The number of nitrogens with zero attached hydrogens (tertiary/aromatic N) is 3. The Morgan fingerprint density at radius 3 is 2.94 bits per heavy atom. The number of nitrogens with one attached hydrogen (secondary N) is 1. The van der Waals surface area contributed by atoms with Crippen LogP contribution in [0, 0.1) is 12.3 Å². The standard InChI is InChI=1S/C11H13BrN4O2/c1-2-3-16-11(17)10(12)9(8-13-16)14-15-4-6-18-7-5-15/h1,8,14H,3-7H2. The molecule has 1 aromatic heterocycles. The number of hydrogen-bond acceptors (Lipinski definition) is 5. The average molecular weight is 313 g/mol. The van der Waals surface area contributed by atoms with Gasteiger partial charge in [-0.15, -0.1) is 6.42 Å². The van der Waals surface area contributed by atoms with Crippen molar-refractivity contribution in [3.05, 3.63) is 21.0 Å². The first-order chi connectivity index (χ1) is 8.72. The van der Waals surface area contributed by atoms with Gasteiger partial charge in [0.05, 0.1) is 25.1 Å². The van der Waals surface area contributed by atoms with Crippen LogP contribution in [0.5, 0.6) is 0 Å². The van der Waals surface area contributed by atoms with Gasteiger partial charge in [-0.25, -0.2) is 9.69 Å². The maximum Gasteiger partial charge on any atom is 0.284 e. The summed E-state index contributed by atoms with van der Waals surface area (Å²) in [6.45, 7) is 3.04. The Morgan fingerprint density at radius 2 is 2.28 bits per heavy atom. The largest absolute Gasteiger partial charge is 0.379 e. The molecule has 1 fully saturated rings. The maximum atomic E-state index is 11.9. The summed E-state index contributed by atoms with van der Waals surface area (Å²) >= 11 is 3.27. The van der Waals surface area contributed by atoms with Crippen molar-refractivity contribution in [1.82, 2.24) is 14.8 Å². The van der Waals surface area contributed by atoms with Crippen LogP contribution in [-0.2, 0) is 11.3 Å². The highest BCUT2D eigenvalue weighted by atomic mass is 79.9. The summed E-state index contributed by atoms with van der Waals surface area (Å²) in [5.41, 5.74) is 3.53. The maximum absolute atomic E-state index is 11.9. The van der Waals surface area contributed by atoms with Crippen LogP contribution in [0.25, 0.3) is 0 Å². The van der Waals surface area contributed by atoms with Crippen LogP contribution in [0.3, 0.4) is 0 Å². The summed E-state index contributed by atoms with van der Waals surface area (Å²) in [7, 11) is 0. The first-order valence-corrected chi connectivity index (χ1v) is 6.30. The molecule has 1 aliphatic rings. The van der Waals surface area contributed by atoms with Gasteiger partial charge in [0, 0.05) is 13.1 Å². The Bertz CT molecular complexity index is 517. The normalized spacial score (nSPS) is 16.2. The molecule has 0 spiro atoms. The molecule has 0 atom stereocenters. The van der Waals surface area contributed by atoms with Crippen molar-refractivity contribution < 1.29 is 4.74 Å². The molecule has 0 bridgehead atoms. The second kappa shape index (κ2) is 6.00. The minimum absolute atomic E-state index is 0.162. The number of anilines is 1. The van der Waals surface area contributed by atoms with E-state index in [0.717, 1.165) is 13.1 Å². The van der Waals surface area contributed by atoms with E-state index in [9.17, 15) is 4.79 Å². The number of hydrogen-bond donors (Lipinski definition) is 1. The highest BCUT2D eigenvalue weighted by Gasteiger charge is 2.14. The molecule has 2 heterocycles. The van der Waals surface area contributed by atoms with E-state index in [0.29, 0.717) is 23.4 Å². The molecule has 0 saturated carbocycles. The van der Waals surface area contributed by atoms with E-state index in [1.54, 1.807) is 6.20 Å². The van der Waals surface area contributed by atoms with Gasteiger partial charge in [0.25, 0.3) is 5.56 Å². The molecule has 0 aromatic carbocycles. The molecule has 0 radical (unpaired) electrons. The minimum Gasteiger partial charge on any atom is -0.379 e. The van der Waals surface area contributed by atoms with Crippen molar-refractivity contribution >= 4 is 21.6 Å². The Hall–Kier alpha value is -1.36. The van der Waals surface area contributed by atoms with Crippen molar-refractivity contribution in [2.24, 2.45) is 0 Å². The molecule has 1 N–H and O–H groups in total. The third-order valence-corrected chi connectivity index (χ3v) is 3.28. The van der Waals surface area contributed by atoms with E-state index in [1.807, 2.05) is 5.01 Å². The molecular formula is C11H13BrN4O2. The molecule has 0 unspecified atom stereocenters. The lowest BCUT2D eigenvalue weighted by atomic mass is 10.4. The number of aromatic nitrogens is 2. The quantitative estimate of drug-likeness (QED) is 0.813. The third kappa shape index (κ3) is 2.90. The van der Waals surface area contributed by atoms with Gasteiger partial charge < -0.3 is 10.2 Å². The van der Waals surface area contributed by atoms with E-state index < -0.39 is 0 Å². The first-order valence-electron chi connectivity index (χ1n) is 5.51. The monoisotopic (exact) mass is 312 g/mol. The van der Waals surface area contributed by atoms with E-state index in [1.165, 1.54) is 4.68 Å². The molecule has 96 valence electrons. The lowest BCUT2D eigenvalue weighted by molar-refractivity contribution is 0.0496. The van der Waals surface area contributed by atoms with Crippen molar-refractivity contribution in [2.75, 3.05) is 31.7 Å². The zero-order valence-electron chi connectivity index (χ0n) is 9.73. The zero-order valence-corrected chi connectivity index (χ0v) is 11.3. The van der Waals surface area contributed by atoms with Crippen LogP contribution in [0.1, 0.15) is 0 Å². The molecule has 2 rings (SSSR count). The lowest BCUT2D eigenvalue weighted by Gasteiger charge is -2.28. The van der Waals surface area contributed by atoms with Gasteiger partial charge in [-0.2, -0.15) is 5.10 Å². The Labute approximate surface area is 113 Å². The smallest absolute Gasteiger partial charge is 0.284 e. The van der Waals surface area contributed by atoms with Crippen LogP contribution in [0.15, 0.2) is 15.5 Å². The molecule has 1 saturated heterocycles. The van der Waals surface area contributed by atoms with Crippen LogP contribution < -0.4 is 11.0 Å². The highest BCUT2D eigenvalue weighted by molar-refractivity contribution is 9.10. The second-order valence-electron chi connectivity index (χ2n) is 3.75. The number of rotatable bonds is 3. The number of morpholine rings is 1. The predicted octanol–water partition coefficient (Wildman–Crippen LogP) is 0.298. The molecule has 6 nitrogen and oxygen atoms in total. The van der Waals surface area contributed by atoms with Gasteiger partial charge in [0.2, 0.25) is 0 Å². The van der Waals surface area contributed by atoms with Gasteiger partial charge in [0.15, 0.2) is 0 Å². The fraction of sp³-hybridized carbons (Fsp3) is 0.455. The van der Waals surface area contributed by atoms with Gasteiger partial charge in [-0.05, 0) is 15.9 Å². The molecule has 0 amide bonds. The summed E-state index contributed by atoms with van der Waals surface area (Å²) < 4.78 is 6.91. The highest BCUT2D eigenvalue weighted by Crippen LogP contribution is 2.17. The number of ether oxygens (including phenoxy) is 1. The minimum atomic E-state index is -0.244. The summed E-state index contributed by atoms with van der Waals surface area (Å²) in [4.78, 5) is 11.9. The van der Waals surface area contributed by atoms with Crippen LogP contribution >= 0.6 is 15.9 Å². The van der Waals surface area contributed by atoms with Crippen LogP contribution in [0.4, 0.5) is 5.69 Å². The molecular weight excluding hydrogens is 300 g/mol. The summed E-state index contributed by atoms with van der Waals surface area (Å²) in [6, 6.07) is 0. The second-order valence-corrected chi connectivity index (χ2v) is 4.54. The lowest BCUT2D eigenvalue weighted by Crippen LogP contribution is -2.41. The van der Waals surface area contributed by atoms with Crippen LogP contribution in [-0.4, -0.2) is 41.1 Å². The molecule has 18 heavy (non-hydrogen) atoms. The number of terminal acetylenes is 1. The summed E-state index contributed by atoms with van der Waals surface area (Å²) in [5, 5.41) is 5.99. The van der Waals surface area contributed by atoms with E-state index in [4.69, 9.17) is 11.2 Å². The number of hydrazine groups is 1. The van der Waals surface area contributed by atoms with E-state index in [2.05, 4.69) is 32.4 Å². The van der Waals surface area contributed by atoms with Crippen molar-refractivity contribution in [3.8, 4) is 12.3 Å². The Kier molecular flexibility index (Phi) is 4.36.